The summed E-state index contributed by atoms with van der Waals surface area (Å²) in [5, 5.41) is 10.7. The van der Waals surface area contributed by atoms with E-state index in [0.717, 1.165) is 10.4 Å². The number of nitro groups is 1. The summed E-state index contributed by atoms with van der Waals surface area (Å²) in [7, 11) is -2.36. The van der Waals surface area contributed by atoms with Crippen molar-refractivity contribution >= 4 is 38.6 Å². The van der Waals surface area contributed by atoms with Gasteiger partial charge in [0.15, 0.2) is 4.34 Å². The third-order valence-corrected chi connectivity index (χ3v) is 6.75. The molecule has 0 radical (unpaired) electrons. The predicted octanol–water partition coefficient (Wildman–Crippen LogP) is 2.36. The van der Waals surface area contributed by atoms with Gasteiger partial charge < -0.3 is 4.74 Å². The molecule has 2 rings (SSSR count). The zero-order valence-electron chi connectivity index (χ0n) is 11.3. The molecule has 0 aromatic carbocycles. The number of rotatable bonds is 8. The van der Waals surface area contributed by atoms with E-state index in [1.807, 2.05) is 0 Å². The lowest BCUT2D eigenvalue weighted by Crippen LogP contribution is -2.30. The van der Waals surface area contributed by atoms with E-state index in [9.17, 15) is 18.5 Å². The van der Waals surface area contributed by atoms with Gasteiger partial charge in [0.2, 0.25) is 0 Å². The zero-order chi connectivity index (χ0) is 15.6. The average Bonchev–Trinajstić information content (AvgIpc) is 3.14. The minimum atomic E-state index is -3.78. The maximum atomic E-state index is 12.3. The molecule has 10 heteroatoms. The van der Waals surface area contributed by atoms with Gasteiger partial charge in [0.05, 0.1) is 11.5 Å². The SMILES string of the molecule is CN(CCOCC1CC1)S(=O)(=O)c1cc([N+](=O)[O-])c(Cl)s1. The first kappa shape index (κ1) is 16.6. The predicted molar refractivity (Wildman–Crippen MR) is 79.3 cm³/mol. The van der Waals surface area contributed by atoms with Gasteiger partial charge in [-0.2, -0.15) is 4.31 Å². The Morgan fingerprint density at radius 1 is 1.57 bits per heavy atom. The standard InChI is InChI=1S/C11H15ClN2O5S2/c1-13(4-5-19-7-8-2-3-8)21(17,18)10-6-9(14(15)16)11(12)20-10/h6,8H,2-5,7H2,1H3. The van der Waals surface area contributed by atoms with E-state index in [0.29, 0.717) is 30.5 Å². The van der Waals surface area contributed by atoms with Crippen LogP contribution in [-0.4, -0.2) is 44.5 Å². The number of ether oxygens (including phenoxy) is 1. The lowest BCUT2D eigenvalue weighted by molar-refractivity contribution is -0.384. The van der Waals surface area contributed by atoms with E-state index >= 15 is 0 Å². The molecule has 1 aromatic rings. The van der Waals surface area contributed by atoms with Crippen LogP contribution in [0.4, 0.5) is 5.69 Å². The molecule has 1 aliphatic rings. The Kier molecular flexibility index (Phi) is 5.20. The number of thiophene rings is 1. The van der Waals surface area contributed by atoms with Crippen LogP contribution in [0.5, 0.6) is 0 Å². The van der Waals surface area contributed by atoms with E-state index in [4.69, 9.17) is 16.3 Å². The van der Waals surface area contributed by atoms with E-state index < -0.39 is 20.6 Å². The Hall–Kier alpha value is -0.740. The average molecular weight is 355 g/mol. The van der Waals surface area contributed by atoms with Gasteiger partial charge in [-0.25, -0.2) is 8.42 Å². The van der Waals surface area contributed by atoms with Crippen LogP contribution in [0.3, 0.4) is 0 Å². The van der Waals surface area contributed by atoms with E-state index in [-0.39, 0.29) is 15.1 Å². The highest BCUT2D eigenvalue weighted by molar-refractivity contribution is 7.91. The van der Waals surface area contributed by atoms with E-state index in [1.165, 1.54) is 19.9 Å². The largest absolute Gasteiger partial charge is 0.380 e. The first-order chi connectivity index (χ1) is 9.82. The molecule has 0 spiro atoms. The molecule has 1 heterocycles. The van der Waals surface area contributed by atoms with Gasteiger partial charge in [0.25, 0.3) is 15.7 Å². The minimum Gasteiger partial charge on any atom is -0.380 e. The van der Waals surface area contributed by atoms with E-state index in [2.05, 4.69) is 0 Å². The molecule has 0 aliphatic heterocycles. The first-order valence-electron chi connectivity index (χ1n) is 6.30. The van der Waals surface area contributed by atoms with Gasteiger partial charge >= 0.3 is 0 Å². The highest BCUT2D eigenvalue weighted by Crippen LogP contribution is 2.37. The number of likely N-dealkylation sites (N-methyl/N-ethyl adjacent to an activating group) is 1. The molecule has 0 N–H and O–H groups in total. The summed E-state index contributed by atoms with van der Waals surface area (Å²) in [6.07, 6.45) is 2.34. The molecule has 0 bridgehead atoms. The minimum absolute atomic E-state index is 0.135. The molecule has 0 saturated heterocycles. The Morgan fingerprint density at radius 3 is 2.76 bits per heavy atom. The van der Waals surface area contributed by atoms with Crippen molar-refractivity contribution in [3.05, 3.63) is 20.5 Å². The van der Waals surface area contributed by atoms with Gasteiger partial charge in [-0.05, 0) is 18.8 Å². The van der Waals surface area contributed by atoms with Crippen molar-refractivity contribution in [2.75, 3.05) is 26.8 Å². The molecule has 1 fully saturated rings. The van der Waals surface area contributed by atoms with Crippen LogP contribution in [-0.2, 0) is 14.8 Å². The van der Waals surface area contributed by atoms with Crippen LogP contribution in [0.15, 0.2) is 10.3 Å². The van der Waals surface area contributed by atoms with Gasteiger partial charge in [-0.15, -0.1) is 11.3 Å². The van der Waals surface area contributed by atoms with Crippen molar-refractivity contribution in [2.24, 2.45) is 5.92 Å². The van der Waals surface area contributed by atoms with Crippen LogP contribution in [0.1, 0.15) is 12.8 Å². The second-order valence-electron chi connectivity index (χ2n) is 4.83. The number of hydrogen-bond acceptors (Lipinski definition) is 6. The third kappa shape index (κ3) is 4.13. The van der Waals surface area contributed by atoms with Crippen molar-refractivity contribution in [2.45, 2.75) is 17.1 Å². The van der Waals surface area contributed by atoms with Crippen molar-refractivity contribution in [1.29, 1.82) is 0 Å². The lowest BCUT2D eigenvalue weighted by atomic mass is 10.5. The number of halogens is 1. The van der Waals surface area contributed by atoms with Crippen molar-refractivity contribution in [3.8, 4) is 0 Å². The molecule has 0 amide bonds. The Balaban J connectivity index is 1.98. The summed E-state index contributed by atoms with van der Waals surface area (Å²) in [4.78, 5) is 10.0. The molecule has 118 valence electrons. The Morgan fingerprint density at radius 2 is 2.24 bits per heavy atom. The highest BCUT2D eigenvalue weighted by Gasteiger charge is 2.28. The summed E-state index contributed by atoms with van der Waals surface area (Å²) >= 11 is 6.37. The maximum Gasteiger partial charge on any atom is 0.300 e. The second kappa shape index (κ2) is 6.57. The van der Waals surface area contributed by atoms with Crippen molar-refractivity contribution < 1.29 is 18.1 Å². The van der Waals surface area contributed by atoms with Crippen LogP contribution in [0, 0.1) is 16.0 Å². The number of hydrogen-bond donors (Lipinski definition) is 0. The van der Waals surface area contributed by atoms with Crippen LogP contribution >= 0.6 is 22.9 Å². The fraction of sp³-hybridized carbons (Fsp3) is 0.636. The van der Waals surface area contributed by atoms with Crippen LogP contribution in [0.25, 0.3) is 0 Å². The van der Waals surface area contributed by atoms with Crippen LogP contribution < -0.4 is 0 Å². The molecule has 21 heavy (non-hydrogen) atoms. The quantitative estimate of drug-likeness (QED) is 0.406. The summed E-state index contributed by atoms with van der Waals surface area (Å²) in [5.74, 6) is 0.616. The van der Waals surface area contributed by atoms with Gasteiger partial charge in [-0.3, -0.25) is 10.1 Å². The Bertz CT molecular complexity index is 627. The van der Waals surface area contributed by atoms with E-state index in [1.54, 1.807) is 0 Å². The fourth-order valence-corrected chi connectivity index (χ4v) is 4.62. The summed E-state index contributed by atoms with van der Waals surface area (Å²) in [6.45, 7) is 1.15. The monoisotopic (exact) mass is 354 g/mol. The summed E-state index contributed by atoms with van der Waals surface area (Å²) < 4.78 is 30.7. The maximum absolute atomic E-state index is 12.3. The molecular weight excluding hydrogens is 340 g/mol. The van der Waals surface area contributed by atoms with Gasteiger partial charge in [0, 0.05) is 26.3 Å². The number of sulfonamides is 1. The van der Waals surface area contributed by atoms with Crippen molar-refractivity contribution in [1.82, 2.24) is 4.31 Å². The molecule has 0 unspecified atom stereocenters. The van der Waals surface area contributed by atoms with Crippen LogP contribution in [0.2, 0.25) is 4.34 Å². The molecule has 0 atom stereocenters. The third-order valence-electron chi connectivity index (χ3n) is 3.11. The topological polar surface area (TPSA) is 89.8 Å². The lowest BCUT2D eigenvalue weighted by Gasteiger charge is -2.15. The molecule has 1 aromatic heterocycles. The summed E-state index contributed by atoms with van der Waals surface area (Å²) in [6, 6.07) is 0.990. The normalized spacial score (nSPS) is 15.6. The number of nitrogens with zero attached hydrogens (tertiary/aromatic N) is 2. The zero-order valence-corrected chi connectivity index (χ0v) is 13.7. The van der Waals surface area contributed by atoms with Gasteiger partial charge in [-0.1, -0.05) is 11.6 Å². The molecule has 1 aliphatic carbocycles. The molecule has 7 nitrogen and oxygen atoms in total. The molecule has 1 saturated carbocycles. The highest BCUT2D eigenvalue weighted by atomic mass is 35.5. The first-order valence-corrected chi connectivity index (χ1v) is 8.93. The van der Waals surface area contributed by atoms with Gasteiger partial charge in [0.1, 0.15) is 4.21 Å². The Labute approximate surface area is 131 Å². The summed E-state index contributed by atoms with van der Waals surface area (Å²) in [5.41, 5.74) is -0.390. The van der Waals surface area contributed by atoms with Crippen molar-refractivity contribution in [3.63, 3.8) is 0 Å². The smallest absolute Gasteiger partial charge is 0.300 e. The fourth-order valence-electron chi connectivity index (χ4n) is 1.59. The second-order valence-corrected chi connectivity index (χ2v) is 8.75. The molecular formula is C11H15ClN2O5S2.